The number of carbonyl (C=O) groups excluding carboxylic acids is 1. The quantitative estimate of drug-likeness (QED) is 0.226. The van der Waals surface area contributed by atoms with Crippen molar-refractivity contribution in [1.82, 2.24) is 0 Å². The van der Waals surface area contributed by atoms with Crippen LogP contribution in [-0.2, 0) is 20.6 Å². The Morgan fingerprint density at radius 1 is 0.865 bits per heavy atom. The maximum absolute atomic E-state index is 13.6. The minimum atomic E-state index is -4.00. The molecular weight excluding hydrogens is 524 g/mol. The van der Waals surface area contributed by atoms with Crippen LogP contribution in [-0.4, -0.2) is 20.9 Å². The topological polar surface area (TPSA) is 66.5 Å². The number of hydrogen-bond acceptors (Lipinski definition) is 4. The highest BCUT2D eigenvalue weighted by atomic mass is 35.5. The Morgan fingerprint density at radius 2 is 1.54 bits per heavy atom. The van der Waals surface area contributed by atoms with E-state index in [1.165, 1.54) is 17.0 Å². The van der Waals surface area contributed by atoms with Crippen LogP contribution < -0.4 is 9.62 Å². The van der Waals surface area contributed by atoms with Gasteiger partial charge in [-0.2, -0.15) is 0 Å². The molecule has 4 rings (SSSR count). The predicted octanol–water partition coefficient (Wildman–Crippen LogP) is 7.08. The van der Waals surface area contributed by atoms with E-state index in [9.17, 15) is 13.2 Å². The van der Waals surface area contributed by atoms with Crippen molar-refractivity contribution in [3.8, 4) is 0 Å². The van der Waals surface area contributed by atoms with Gasteiger partial charge in [-0.1, -0.05) is 60.1 Å². The molecule has 0 saturated carbocycles. The summed E-state index contributed by atoms with van der Waals surface area (Å²) in [6.45, 7) is 3.31. The Balaban J connectivity index is 1.53. The SMILES string of the molecule is Cc1cc(CSc2ccccc2)ccc1NC(=O)CN(c1ccc(Cl)cc1C)S(=O)(=O)c1ccccc1. The maximum Gasteiger partial charge on any atom is 0.264 e. The number of carbonyl (C=O) groups is 1. The zero-order valence-corrected chi connectivity index (χ0v) is 22.9. The van der Waals surface area contributed by atoms with Crippen molar-refractivity contribution in [2.45, 2.75) is 29.4 Å². The second-order valence-corrected chi connectivity index (χ2v) is 11.9. The predicted molar refractivity (Wildman–Crippen MR) is 153 cm³/mol. The lowest BCUT2D eigenvalue weighted by atomic mass is 10.1. The van der Waals surface area contributed by atoms with Crippen molar-refractivity contribution < 1.29 is 13.2 Å². The van der Waals surface area contributed by atoms with Crippen molar-refractivity contribution >= 4 is 50.7 Å². The molecule has 0 fully saturated rings. The highest BCUT2D eigenvalue weighted by Crippen LogP contribution is 2.29. The van der Waals surface area contributed by atoms with E-state index in [-0.39, 0.29) is 11.4 Å². The number of nitrogens with one attached hydrogen (secondary N) is 1. The summed E-state index contributed by atoms with van der Waals surface area (Å²) in [5, 5.41) is 3.38. The number of anilines is 2. The average Bonchev–Trinajstić information content (AvgIpc) is 2.89. The van der Waals surface area contributed by atoms with Crippen LogP contribution in [0.1, 0.15) is 16.7 Å². The lowest BCUT2D eigenvalue weighted by Crippen LogP contribution is -2.38. The Kier molecular flexibility index (Phi) is 8.59. The zero-order chi connectivity index (χ0) is 26.4. The first kappa shape index (κ1) is 26.8. The van der Waals surface area contributed by atoms with Gasteiger partial charge >= 0.3 is 0 Å². The molecule has 37 heavy (non-hydrogen) atoms. The monoisotopic (exact) mass is 550 g/mol. The Morgan fingerprint density at radius 3 is 2.19 bits per heavy atom. The van der Waals surface area contributed by atoms with Crippen molar-refractivity contribution in [2.24, 2.45) is 0 Å². The first-order valence-electron chi connectivity index (χ1n) is 11.7. The second kappa shape index (κ2) is 11.9. The van der Waals surface area contributed by atoms with Gasteiger partial charge in [0, 0.05) is 21.4 Å². The van der Waals surface area contributed by atoms with Gasteiger partial charge in [-0.3, -0.25) is 9.10 Å². The lowest BCUT2D eigenvalue weighted by Gasteiger charge is -2.26. The molecule has 8 heteroatoms. The zero-order valence-electron chi connectivity index (χ0n) is 20.5. The molecule has 0 aliphatic rings. The number of halogens is 1. The molecular formula is C29H27ClN2O3S2. The van der Waals surface area contributed by atoms with Gasteiger partial charge in [0.05, 0.1) is 10.6 Å². The first-order valence-corrected chi connectivity index (χ1v) is 14.5. The summed E-state index contributed by atoms with van der Waals surface area (Å²) in [6, 6.07) is 29.0. The summed E-state index contributed by atoms with van der Waals surface area (Å²) in [6.07, 6.45) is 0. The fourth-order valence-electron chi connectivity index (χ4n) is 3.88. The minimum Gasteiger partial charge on any atom is -0.324 e. The number of nitrogens with zero attached hydrogens (tertiary/aromatic N) is 1. The van der Waals surface area contributed by atoms with Crippen LogP contribution in [0.3, 0.4) is 0 Å². The third kappa shape index (κ3) is 6.74. The van der Waals surface area contributed by atoms with Crippen LogP contribution >= 0.6 is 23.4 Å². The molecule has 0 aliphatic heterocycles. The van der Waals surface area contributed by atoms with E-state index in [0.717, 1.165) is 21.2 Å². The number of thioether (sulfide) groups is 1. The number of sulfonamides is 1. The second-order valence-electron chi connectivity index (χ2n) is 8.55. The van der Waals surface area contributed by atoms with Gasteiger partial charge < -0.3 is 5.32 Å². The maximum atomic E-state index is 13.6. The van der Waals surface area contributed by atoms with Crippen molar-refractivity contribution in [3.05, 3.63) is 119 Å². The fourth-order valence-corrected chi connectivity index (χ4v) is 6.47. The number of rotatable bonds is 9. The molecule has 1 amide bonds. The largest absolute Gasteiger partial charge is 0.324 e. The highest BCUT2D eigenvalue weighted by Gasteiger charge is 2.28. The molecule has 0 saturated heterocycles. The first-order chi connectivity index (χ1) is 17.7. The molecule has 0 heterocycles. The van der Waals surface area contributed by atoms with Gasteiger partial charge in [0.15, 0.2) is 0 Å². The van der Waals surface area contributed by atoms with E-state index in [0.29, 0.717) is 22.0 Å². The van der Waals surface area contributed by atoms with Crippen molar-refractivity contribution in [3.63, 3.8) is 0 Å². The van der Waals surface area contributed by atoms with Crippen LogP contribution in [0.4, 0.5) is 11.4 Å². The van der Waals surface area contributed by atoms with Crippen LogP contribution in [0.15, 0.2) is 107 Å². The van der Waals surface area contributed by atoms with Crippen LogP contribution in [0.5, 0.6) is 0 Å². The van der Waals surface area contributed by atoms with Crippen LogP contribution in [0, 0.1) is 13.8 Å². The highest BCUT2D eigenvalue weighted by molar-refractivity contribution is 7.98. The van der Waals surface area contributed by atoms with Gasteiger partial charge in [-0.25, -0.2) is 8.42 Å². The van der Waals surface area contributed by atoms with Gasteiger partial charge in [-0.15, -0.1) is 11.8 Å². The molecule has 4 aromatic rings. The van der Waals surface area contributed by atoms with E-state index < -0.39 is 15.9 Å². The van der Waals surface area contributed by atoms with E-state index in [4.69, 9.17) is 11.6 Å². The Bertz CT molecular complexity index is 1490. The number of amides is 1. The summed E-state index contributed by atoms with van der Waals surface area (Å²) in [4.78, 5) is 14.4. The van der Waals surface area contributed by atoms with Gasteiger partial charge in [0.25, 0.3) is 10.0 Å². The average molecular weight is 551 g/mol. The Labute approximate surface area is 227 Å². The number of hydrogen-bond donors (Lipinski definition) is 1. The standard InChI is InChI=1S/C29H27ClN2O3S2/c1-21-17-23(20-36-25-9-5-3-6-10-25)13-15-27(21)31-29(33)19-32(28-16-14-24(30)18-22(28)2)37(34,35)26-11-7-4-8-12-26/h3-18H,19-20H2,1-2H3,(H,31,33). The van der Waals surface area contributed by atoms with E-state index >= 15 is 0 Å². The van der Waals surface area contributed by atoms with Gasteiger partial charge in [-0.05, 0) is 79.1 Å². The van der Waals surface area contributed by atoms with Gasteiger partial charge in [0.2, 0.25) is 5.91 Å². The van der Waals surface area contributed by atoms with Crippen molar-refractivity contribution in [1.29, 1.82) is 0 Å². The summed E-state index contributed by atoms with van der Waals surface area (Å²) < 4.78 is 28.3. The lowest BCUT2D eigenvalue weighted by molar-refractivity contribution is -0.114. The molecule has 1 N–H and O–H groups in total. The summed E-state index contributed by atoms with van der Waals surface area (Å²) in [7, 11) is -4.00. The molecule has 0 bridgehead atoms. The smallest absolute Gasteiger partial charge is 0.264 e. The Hall–Kier alpha value is -3.26. The van der Waals surface area contributed by atoms with E-state index in [2.05, 4.69) is 17.4 Å². The molecule has 0 aromatic heterocycles. The molecule has 0 radical (unpaired) electrons. The number of aryl methyl sites for hydroxylation is 2. The molecule has 0 spiro atoms. The molecule has 0 aliphatic carbocycles. The third-order valence-corrected chi connectivity index (χ3v) is 8.85. The molecule has 190 valence electrons. The molecule has 4 aromatic carbocycles. The number of benzene rings is 4. The van der Waals surface area contributed by atoms with Gasteiger partial charge in [0.1, 0.15) is 6.54 Å². The van der Waals surface area contributed by atoms with Crippen molar-refractivity contribution in [2.75, 3.05) is 16.2 Å². The van der Waals surface area contributed by atoms with E-state index in [1.54, 1.807) is 55.1 Å². The summed E-state index contributed by atoms with van der Waals surface area (Å²) in [5.41, 5.74) is 3.72. The third-order valence-electron chi connectivity index (χ3n) is 5.76. The molecule has 0 unspecified atom stereocenters. The van der Waals surface area contributed by atoms with Crippen LogP contribution in [0.25, 0.3) is 0 Å². The fraction of sp³-hybridized carbons (Fsp3) is 0.138. The van der Waals surface area contributed by atoms with E-state index in [1.807, 2.05) is 43.3 Å². The normalized spacial score (nSPS) is 11.2. The summed E-state index contributed by atoms with van der Waals surface area (Å²) >= 11 is 7.85. The molecule has 0 atom stereocenters. The molecule has 5 nitrogen and oxygen atoms in total. The van der Waals surface area contributed by atoms with Crippen LogP contribution in [0.2, 0.25) is 5.02 Å². The minimum absolute atomic E-state index is 0.105. The summed E-state index contributed by atoms with van der Waals surface area (Å²) in [5.74, 6) is 0.362.